The number of nitrogens with zero attached hydrogens (tertiary/aromatic N) is 1. The maximum absolute atomic E-state index is 10.5. The Labute approximate surface area is 54.5 Å². The smallest absolute Gasteiger partial charge is 0.219 e. The van der Waals surface area contributed by atoms with E-state index in [0.717, 1.165) is 0 Å². The average molecular weight is 148 g/mol. The van der Waals surface area contributed by atoms with Gasteiger partial charge in [0, 0.05) is 0 Å². The van der Waals surface area contributed by atoms with Crippen LogP contribution < -0.4 is 4.72 Å². The highest BCUT2D eigenvalue weighted by atomic mass is 32.2. The number of hydrogen-bond acceptors (Lipinski definition) is 3. The lowest BCUT2D eigenvalue weighted by Gasteiger charge is -1.94. The van der Waals surface area contributed by atoms with E-state index >= 15 is 0 Å². The van der Waals surface area contributed by atoms with Gasteiger partial charge in [-0.25, -0.2) is 13.1 Å². The van der Waals surface area contributed by atoms with Crippen LogP contribution in [0.5, 0.6) is 0 Å². The van der Waals surface area contributed by atoms with Gasteiger partial charge >= 0.3 is 0 Å². The van der Waals surface area contributed by atoms with Crippen molar-refractivity contribution in [3.63, 3.8) is 0 Å². The number of nitrogens with one attached hydrogen (secondary N) is 1. The molecule has 0 saturated carbocycles. The van der Waals surface area contributed by atoms with E-state index in [1.807, 2.05) is 0 Å². The molecule has 0 aliphatic heterocycles. The molecule has 0 fully saturated rings. The second-order valence-electron chi connectivity index (χ2n) is 1.53. The molecule has 0 atom stereocenters. The monoisotopic (exact) mass is 148 g/mol. The number of hydrogen-bond donors (Lipinski definition) is 1. The molecule has 0 spiro atoms. The van der Waals surface area contributed by atoms with Crippen LogP contribution in [0.15, 0.2) is 0 Å². The Balaban J connectivity index is 3.93. The Morgan fingerprint density at radius 2 is 2.22 bits per heavy atom. The predicted octanol–water partition coefficient (Wildman–Crippen LogP) is -0.203. The molecule has 0 aromatic rings. The maximum atomic E-state index is 10.5. The Morgan fingerprint density at radius 3 is 2.56 bits per heavy atom. The quantitative estimate of drug-likeness (QED) is 0.445. The summed E-state index contributed by atoms with van der Waals surface area (Å²) in [6.07, 6.45) is 1.88. The summed E-state index contributed by atoms with van der Waals surface area (Å²) >= 11 is 0. The van der Waals surface area contributed by atoms with Crippen LogP contribution in [0.3, 0.4) is 0 Å². The van der Waals surface area contributed by atoms with E-state index in [1.54, 1.807) is 11.6 Å². The van der Waals surface area contributed by atoms with Crippen molar-refractivity contribution >= 4 is 10.0 Å². The SMILES string of the molecule is CCCS(=O)(=O)NC#N. The summed E-state index contributed by atoms with van der Waals surface area (Å²) in [6.45, 7) is 1.73. The molecular weight excluding hydrogens is 140 g/mol. The molecule has 0 aromatic heterocycles. The lowest BCUT2D eigenvalue weighted by molar-refractivity contribution is 0.590. The molecule has 0 aromatic carbocycles. The van der Waals surface area contributed by atoms with Crippen LogP contribution in [0.1, 0.15) is 13.3 Å². The van der Waals surface area contributed by atoms with Crippen LogP contribution in [0, 0.1) is 11.5 Å². The fourth-order valence-electron chi connectivity index (χ4n) is 0.389. The first-order valence-electron chi connectivity index (χ1n) is 2.51. The molecule has 0 aliphatic rings. The first kappa shape index (κ1) is 8.24. The van der Waals surface area contributed by atoms with Crippen molar-refractivity contribution in [2.75, 3.05) is 5.75 Å². The average Bonchev–Trinajstić information content (AvgIpc) is 1.64. The van der Waals surface area contributed by atoms with Crippen molar-refractivity contribution in [3.8, 4) is 6.19 Å². The molecule has 0 aliphatic carbocycles. The zero-order chi connectivity index (χ0) is 7.33. The predicted molar refractivity (Wildman–Crippen MR) is 32.8 cm³/mol. The topological polar surface area (TPSA) is 70.0 Å². The lowest BCUT2D eigenvalue weighted by Crippen LogP contribution is -2.20. The molecule has 1 N–H and O–H groups in total. The molecule has 4 nitrogen and oxygen atoms in total. The van der Waals surface area contributed by atoms with Gasteiger partial charge in [-0.05, 0) is 6.42 Å². The zero-order valence-corrected chi connectivity index (χ0v) is 5.90. The molecule has 52 valence electrons. The summed E-state index contributed by atoms with van der Waals surface area (Å²) < 4.78 is 22.7. The molecule has 0 unspecified atom stereocenters. The van der Waals surface area contributed by atoms with E-state index < -0.39 is 10.0 Å². The molecule has 0 bridgehead atoms. The zero-order valence-electron chi connectivity index (χ0n) is 5.09. The fourth-order valence-corrected chi connectivity index (χ4v) is 1.17. The van der Waals surface area contributed by atoms with Crippen molar-refractivity contribution in [1.29, 1.82) is 5.26 Å². The van der Waals surface area contributed by atoms with Gasteiger partial charge in [-0.15, -0.1) is 0 Å². The van der Waals surface area contributed by atoms with Crippen LogP contribution in [-0.2, 0) is 10.0 Å². The number of nitriles is 1. The summed E-state index contributed by atoms with van der Waals surface area (Å²) in [5.74, 6) is 0.0144. The second kappa shape index (κ2) is 3.30. The fraction of sp³-hybridized carbons (Fsp3) is 0.750. The van der Waals surface area contributed by atoms with Crippen molar-refractivity contribution in [2.24, 2.45) is 0 Å². The van der Waals surface area contributed by atoms with Gasteiger partial charge in [0.05, 0.1) is 5.75 Å². The van der Waals surface area contributed by atoms with Crippen molar-refractivity contribution in [2.45, 2.75) is 13.3 Å². The Kier molecular flexibility index (Phi) is 3.02. The van der Waals surface area contributed by atoms with Crippen LogP contribution in [0.25, 0.3) is 0 Å². The Bertz CT molecular complexity index is 201. The Hall–Kier alpha value is -0.760. The third kappa shape index (κ3) is 3.79. The van der Waals surface area contributed by atoms with E-state index in [4.69, 9.17) is 5.26 Å². The first-order valence-corrected chi connectivity index (χ1v) is 4.16. The molecule has 0 heterocycles. The van der Waals surface area contributed by atoms with Gasteiger partial charge < -0.3 is 0 Å². The molecule has 5 heteroatoms. The largest absolute Gasteiger partial charge is 0.240 e. The van der Waals surface area contributed by atoms with Crippen LogP contribution in [0.2, 0.25) is 0 Å². The van der Waals surface area contributed by atoms with Crippen LogP contribution in [-0.4, -0.2) is 14.2 Å². The molecular formula is C4H8N2O2S. The standard InChI is InChI=1S/C4H8N2O2S/c1-2-3-9(7,8)6-4-5/h6H,2-3H2,1H3. The van der Waals surface area contributed by atoms with E-state index in [2.05, 4.69) is 0 Å². The van der Waals surface area contributed by atoms with Gasteiger partial charge in [-0.3, -0.25) is 0 Å². The minimum absolute atomic E-state index is 0.0144. The van der Waals surface area contributed by atoms with E-state index in [9.17, 15) is 8.42 Å². The van der Waals surface area contributed by atoms with Crippen molar-refractivity contribution in [3.05, 3.63) is 0 Å². The van der Waals surface area contributed by atoms with Crippen LogP contribution in [0.4, 0.5) is 0 Å². The highest BCUT2D eigenvalue weighted by Crippen LogP contribution is 1.85. The maximum Gasteiger partial charge on any atom is 0.240 e. The van der Waals surface area contributed by atoms with Gasteiger partial charge in [0.25, 0.3) is 0 Å². The summed E-state index contributed by atoms with van der Waals surface area (Å²) in [4.78, 5) is 0. The highest BCUT2D eigenvalue weighted by Gasteiger charge is 2.04. The summed E-state index contributed by atoms with van der Waals surface area (Å²) in [5.41, 5.74) is 0. The van der Waals surface area contributed by atoms with E-state index in [0.29, 0.717) is 6.42 Å². The third-order valence-electron chi connectivity index (χ3n) is 0.674. The summed E-state index contributed by atoms with van der Waals surface area (Å²) in [5, 5.41) is 7.89. The molecule has 0 amide bonds. The van der Waals surface area contributed by atoms with Gasteiger partial charge in [0.1, 0.15) is 0 Å². The van der Waals surface area contributed by atoms with Gasteiger partial charge in [-0.1, -0.05) is 6.92 Å². The normalized spacial score (nSPS) is 10.2. The molecule has 0 radical (unpaired) electrons. The minimum atomic E-state index is -3.29. The van der Waals surface area contributed by atoms with Crippen molar-refractivity contribution < 1.29 is 8.42 Å². The molecule has 0 rings (SSSR count). The van der Waals surface area contributed by atoms with E-state index in [-0.39, 0.29) is 5.75 Å². The summed E-state index contributed by atoms with van der Waals surface area (Å²) in [7, 11) is -3.29. The molecule has 9 heavy (non-hydrogen) atoms. The Morgan fingerprint density at radius 1 is 1.67 bits per heavy atom. The van der Waals surface area contributed by atoms with Gasteiger partial charge in [0.2, 0.25) is 10.0 Å². The first-order chi connectivity index (χ1) is 4.12. The number of sulfonamides is 1. The van der Waals surface area contributed by atoms with E-state index in [1.165, 1.54) is 6.19 Å². The van der Waals surface area contributed by atoms with Crippen molar-refractivity contribution in [1.82, 2.24) is 4.72 Å². The summed E-state index contributed by atoms with van der Waals surface area (Å²) in [6, 6.07) is 0. The number of rotatable bonds is 3. The highest BCUT2D eigenvalue weighted by molar-refractivity contribution is 7.89. The third-order valence-corrected chi connectivity index (χ3v) is 2.02. The minimum Gasteiger partial charge on any atom is -0.219 e. The molecule has 0 saturated heterocycles. The lowest BCUT2D eigenvalue weighted by atomic mass is 10.6. The van der Waals surface area contributed by atoms with Gasteiger partial charge in [0.15, 0.2) is 6.19 Å². The van der Waals surface area contributed by atoms with Crippen LogP contribution >= 0.6 is 0 Å². The second-order valence-corrected chi connectivity index (χ2v) is 3.37. The van der Waals surface area contributed by atoms with Gasteiger partial charge in [-0.2, -0.15) is 5.26 Å².